The predicted molar refractivity (Wildman–Crippen MR) is 80.6 cm³/mol. The van der Waals surface area contributed by atoms with E-state index in [1.165, 1.54) is 0 Å². The van der Waals surface area contributed by atoms with E-state index in [1.54, 1.807) is 23.9 Å². The van der Waals surface area contributed by atoms with Gasteiger partial charge in [-0.05, 0) is 17.4 Å². The van der Waals surface area contributed by atoms with E-state index >= 15 is 0 Å². The van der Waals surface area contributed by atoms with Crippen LogP contribution in [0.25, 0.3) is 0 Å². The molecule has 18 heavy (non-hydrogen) atoms. The Morgan fingerprint density at radius 3 is 2.50 bits per heavy atom. The Kier molecular flexibility index (Phi) is 5.66. The highest BCUT2D eigenvalue weighted by molar-refractivity contribution is 9.09. The SMILES string of the molecule is CC(C)(C)C(CBr)CSc1ccccc1[N+](=O)[O-]. The summed E-state index contributed by atoms with van der Waals surface area (Å²) in [7, 11) is 0. The average molecular weight is 332 g/mol. The molecule has 1 unspecified atom stereocenters. The van der Waals surface area contributed by atoms with Crippen LogP contribution in [0.2, 0.25) is 0 Å². The van der Waals surface area contributed by atoms with Gasteiger partial charge in [-0.15, -0.1) is 11.8 Å². The first kappa shape index (κ1) is 15.5. The number of hydrogen-bond acceptors (Lipinski definition) is 3. The molecule has 0 aliphatic heterocycles. The van der Waals surface area contributed by atoms with Crippen molar-refractivity contribution in [1.29, 1.82) is 0 Å². The van der Waals surface area contributed by atoms with E-state index in [2.05, 4.69) is 36.7 Å². The number of alkyl halides is 1. The van der Waals surface area contributed by atoms with Crippen molar-refractivity contribution in [2.45, 2.75) is 25.7 Å². The number of hydrogen-bond donors (Lipinski definition) is 0. The van der Waals surface area contributed by atoms with Gasteiger partial charge in [0, 0.05) is 17.1 Å². The maximum atomic E-state index is 10.9. The number of nitro benzene ring substituents is 1. The molecule has 5 heteroatoms. The number of rotatable bonds is 5. The minimum absolute atomic E-state index is 0.195. The molecule has 0 aromatic heterocycles. The number of nitrogens with zero attached hydrogens (tertiary/aromatic N) is 1. The van der Waals surface area contributed by atoms with Gasteiger partial charge in [0.05, 0.1) is 9.82 Å². The number of halogens is 1. The molecule has 0 bridgehead atoms. The molecule has 0 aliphatic rings. The summed E-state index contributed by atoms with van der Waals surface area (Å²) in [6, 6.07) is 6.92. The van der Waals surface area contributed by atoms with E-state index in [1.807, 2.05) is 12.1 Å². The molecule has 1 rings (SSSR count). The third-order valence-electron chi connectivity index (χ3n) is 2.91. The summed E-state index contributed by atoms with van der Waals surface area (Å²) < 4.78 is 0. The molecule has 0 radical (unpaired) electrons. The Balaban J connectivity index is 2.77. The monoisotopic (exact) mass is 331 g/mol. The van der Waals surface area contributed by atoms with Crippen LogP contribution < -0.4 is 0 Å². The van der Waals surface area contributed by atoms with E-state index in [-0.39, 0.29) is 16.0 Å². The largest absolute Gasteiger partial charge is 0.282 e. The quantitative estimate of drug-likeness (QED) is 0.338. The van der Waals surface area contributed by atoms with Crippen molar-refractivity contribution in [3.8, 4) is 0 Å². The topological polar surface area (TPSA) is 43.1 Å². The maximum absolute atomic E-state index is 10.9. The van der Waals surface area contributed by atoms with Crippen LogP contribution in [0.1, 0.15) is 20.8 Å². The van der Waals surface area contributed by atoms with E-state index in [4.69, 9.17) is 0 Å². The fourth-order valence-electron chi connectivity index (χ4n) is 1.45. The summed E-state index contributed by atoms with van der Waals surface area (Å²) in [4.78, 5) is 11.3. The van der Waals surface area contributed by atoms with Gasteiger partial charge in [0.1, 0.15) is 0 Å². The summed E-state index contributed by atoms with van der Waals surface area (Å²) >= 11 is 5.09. The highest BCUT2D eigenvalue weighted by Gasteiger charge is 2.24. The smallest absolute Gasteiger partial charge is 0.258 e. The Bertz CT molecular complexity index is 418. The van der Waals surface area contributed by atoms with Gasteiger partial charge < -0.3 is 0 Å². The van der Waals surface area contributed by atoms with E-state index < -0.39 is 0 Å². The molecule has 1 atom stereocenters. The van der Waals surface area contributed by atoms with Gasteiger partial charge in [-0.3, -0.25) is 10.1 Å². The Morgan fingerprint density at radius 1 is 1.39 bits per heavy atom. The molecule has 1 aromatic carbocycles. The molecule has 0 fully saturated rings. The number of benzene rings is 1. The number of para-hydroxylation sites is 1. The van der Waals surface area contributed by atoms with Crippen molar-refractivity contribution < 1.29 is 4.92 Å². The van der Waals surface area contributed by atoms with Crippen molar-refractivity contribution >= 4 is 33.4 Å². The third-order valence-corrected chi connectivity index (χ3v) is 4.92. The molecule has 0 aliphatic carbocycles. The maximum Gasteiger partial charge on any atom is 0.282 e. The van der Waals surface area contributed by atoms with Crippen molar-refractivity contribution in [1.82, 2.24) is 0 Å². The first-order chi connectivity index (χ1) is 8.36. The van der Waals surface area contributed by atoms with Gasteiger partial charge in [-0.25, -0.2) is 0 Å². The predicted octanol–water partition coefficient (Wildman–Crippen LogP) is 4.74. The fraction of sp³-hybridized carbons (Fsp3) is 0.538. The normalized spacial score (nSPS) is 13.3. The molecule has 0 saturated heterocycles. The minimum atomic E-state index is -0.317. The molecule has 0 N–H and O–H groups in total. The molecule has 100 valence electrons. The lowest BCUT2D eigenvalue weighted by Crippen LogP contribution is -2.24. The zero-order valence-electron chi connectivity index (χ0n) is 10.9. The molecule has 3 nitrogen and oxygen atoms in total. The van der Waals surface area contributed by atoms with Crippen LogP contribution in [-0.2, 0) is 0 Å². The van der Waals surface area contributed by atoms with Gasteiger partial charge in [-0.2, -0.15) is 0 Å². The zero-order chi connectivity index (χ0) is 13.8. The second kappa shape index (κ2) is 6.57. The van der Waals surface area contributed by atoms with Crippen molar-refractivity contribution in [2.75, 3.05) is 11.1 Å². The van der Waals surface area contributed by atoms with Gasteiger partial charge in [-0.1, -0.05) is 48.8 Å². The van der Waals surface area contributed by atoms with E-state index in [0.29, 0.717) is 5.92 Å². The first-order valence-electron chi connectivity index (χ1n) is 5.78. The summed E-state index contributed by atoms with van der Waals surface area (Å²) in [5.74, 6) is 1.35. The summed E-state index contributed by atoms with van der Waals surface area (Å²) in [5, 5.41) is 11.8. The summed E-state index contributed by atoms with van der Waals surface area (Å²) in [5.41, 5.74) is 0.393. The van der Waals surface area contributed by atoms with Gasteiger partial charge in [0.25, 0.3) is 5.69 Å². The Labute approximate surface area is 121 Å². The van der Waals surface area contributed by atoms with Gasteiger partial charge >= 0.3 is 0 Å². The minimum Gasteiger partial charge on any atom is -0.258 e. The zero-order valence-corrected chi connectivity index (χ0v) is 13.3. The number of nitro groups is 1. The van der Waals surface area contributed by atoms with Crippen LogP contribution in [0.3, 0.4) is 0 Å². The Hall–Kier alpha value is -0.550. The molecule has 0 amide bonds. The highest BCUT2D eigenvalue weighted by Crippen LogP contribution is 2.35. The average Bonchev–Trinajstić information content (AvgIpc) is 2.28. The lowest BCUT2D eigenvalue weighted by atomic mass is 9.83. The van der Waals surface area contributed by atoms with Crippen LogP contribution in [0.5, 0.6) is 0 Å². The van der Waals surface area contributed by atoms with Crippen molar-refractivity contribution in [3.63, 3.8) is 0 Å². The van der Waals surface area contributed by atoms with Crippen LogP contribution in [0, 0.1) is 21.4 Å². The van der Waals surface area contributed by atoms with E-state index in [9.17, 15) is 10.1 Å². The molecular weight excluding hydrogens is 314 g/mol. The van der Waals surface area contributed by atoms with Crippen LogP contribution in [0.4, 0.5) is 5.69 Å². The lowest BCUT2D eigenvalue weighted by Gasteiger charge is -2.28. The van der Waals surface area contributed by atoms with Gasteiger partial charge in [0.2, 0.25) is 0 Å². The van der Waals surface area contributed by atoms with E-state index in [0.717, 1.165) is 16.0 Å². The molecular formula is C13H18BrNO2S. The molecule has 0 saturated carbocycles. The fourth-order valence-corrected chi connectivity index (χ4v) is 4.41. The van der Waals surface area contributed by atoms with Crippen LogP contribution >= 0.6 is 27.7 Å². The Morgan fingerprint density at radius 2 is 2.00 bits per heavy atom. The van der Waals surface area contributed by atoms with Crippen molar-refractivity contribution in [3.05, 3.63) is 34.4 Å². The summed E-state index contributed by atoms with van der Waals surface area (Å²) in [6.45, 7) is 6.58. The summed E-state index contributed by atoms with van der Waals surface area (Å²) in [6.07, 6.45) is 0. The molecule has 1 aromatic rings. The molecule has 0 heterocycles. The van der Waals surface area contributed by atoms with Gasteiger partial charge in [0.15, 0.2) is 0 Å². The lowest BCUT2D eigenvalue weighted by molar-refractivity contribution is -0.387. The second-order valence-corrected chi connectivity index (χ2v) is 6.96. The third kappa shape index (κ3) is 4.28. The van der Waals surface area contributed by atoms with Crippen LogP contribution in [0.15, 0.2) is 29.2 Å². The number of thioether (sulfide) groups is 1. The second-order valence-electron chi connectivity index (χ2n) is 5.25. The highest BCUT2D eigenvalue weighted by atomic mass is 79.9. The molecule has 0 spiro atoms. The van der Waals surface area contributed by atoms with Crippen LogP contribution in [-0.4, -0.2) is 16.0 Å². The standard InChI is InChI=1S/C13H18BrNO2S/c1-13(2,3)10(8-14)9-18-12-7-5-4-6-11(12)15(16)17/h4-7,10H,8-9H2,1-3H3. The first-order valence-corrected chi connectivity index (χ1v) is 7.89. The van der Waals surface area contributed by atoms with Crippen molar-refractivity contribution in [2.24, 2.45) is 11.3 Å².